The van der Waals surface area contributed by atoms with Crippen molar-refractivity contribution in [3.05, 3.63) is 29.8 Å². The summed E-state index contributed by atoms with van der Waals surface area (Å²) in [5.41, 5.74) is 0.498. The molecule has 0 spiro atoms. The molecule has 4 rings (SSSR count). The molecule has 9 heteroatoms. The molecular weight excluding hydrogens is 392 g/mol. The standard InChI is InChI=1S/C21H22N2O7/c1-10(21(26)27)30-18-14(28-2)6-11(7-15(18)29-3)9-22-23-19(24)16-12-4-5-13(8-12)17(16)20(23)25/h4-7,9-10,12-13,16-17H,8H2,1-3H3,(H,26,27)/t10-,12+,13+,16-,17+/m1/s1. The number of hydrogen-bond acceptors (Lipinski definition) is 7. The van der Waals surface area contributed by atoms with E-state index in [-0.39, 0.29) is 52.7 Å². The van der Waals surface area contributed by atoms with E-state index in [0.717, 1.165) is 11.4 Å². The van der Waals surface area contributed by atoms with E-state index in [2.05, 4.69) is 5.10 Å². The lowest BCUT2D eigenvalue weighted by Crippen LogP contribution is -2.28. The summed E-state index contributed by atoms with van der Waals surface area (Å²) in [4.78, 5) is 36.6. The first-order valence-corrected chi connectivity index (χ1v) is 9.61. The van der Waals surface area contributed by atoms with E-state index >= 15 is 0 Å². The summed E-state index contributed by atoms with van der Waals surface area (Å²) in [6, 6.07) is 3.13. The minimum atomic E-state index is -1.13. The Morgan fingerprint density at radius 1 is 1.13 bits per heavy atom. The molecule has 1 saturated heterocycles. The first-order chi connectivity index (χ1) is 14.3. The molecule has 2 amide bonds. The highest BCUT2D eigenvalue weighted by Gasteiger charge is 2.59. The number of benzene rings is 1. The van der Waals surface area contributed by atoms with E-state index < -0.39 is 12.1 Å². The predicted octanol–water partition coefficient (Wildman–Crippen LogP) is 1.70. The van der Waals surface area contributed by atoms with Gasteiger partial charge in [-0.05, 0) is 37.3 Å². The van der Waals surface area contributed by atoms with Crippen molar-refractivity contribution < 1.29 is 33.7 Å². The number of allylic oxidation sites excluding steroid dienone is 2. The van der Waals surface area contributed by atoms with Gasteiger partial charge in [-0.25, -0.2) is 4.79 Å². The number of ether oxygens (including phenoxy) is 3. The fourth-order valence-corrected chi connectivity index (χ4v) is 4.44. The van der Waals surface area contributed by atoms with Crippen LogP contribution in [0, 0.1) is 23.7 Å². The van der Waals surface area contributed by atoms with Gasteiger partial charge < -0.3 is 19.3 Å². The molecule has 2 bridgehead atoms. The van der Waals surface area contributed by atoms with Gasteiger partial charge in [-0.3, -0.25) is 9.59 Å². The van der Waals surface area contributed by atoms with Crippen LogP contribution < -0.4 is 14.2 Å². The molecule has 2 fully saturated rings. The number of amides is 2. The van der Waals surface area contributed by atoms with Gasteiger partial charge in [0.25, 0.3) is 11.8 Å². The van der Waals surface area contributed by atoms with E-state index in [1.165, 1.54) is 27.4 Å². The molecule has 0 aromatic heterocycles. The molecule has 0 unspecified atom stereocenters. The van der Waals surface area contributed by atoms with Crippen LogP contribution in [0.15, 0.2) is 29.4 Å². The number of hydrazone groups is 1. The zero-order valence-electron chi connectivity index (χ0n) is 16.8. The number of aliphatic carboxylic acids is 1. The van der Waals surface area contributed by atoms with Crippen molar-refractivity contribution in [2.45, 2.75) is 19.4 Å². The number of carboxylic acids is 1. The summed E-state index contributed by atoms with van der Waals surface area (Å²) >= 11 is 0. The molecule has 1 N–H and O–H groups in total. The van der Waals surface area contributed by atoms with Gasteiger partial charge in [-0.15, -0.1) is 0 Å². The van der Waals surface area contributed by atoms with Crippen molar-refractivity contribution in [3.63, 3.8) is 0 Å². The van der Waals surface area contributed by atoms with Crippen molar-refractivity contribution >= 4 is 24.0 Å². The Balaban J connectivity index is 1.59. The Hall–Kier alpha value is -3.36. The quantitative estimate of drug-likeness (QED) is 0.410. The molecule has 1 heterocycles. The third kappa shape index (κ3) is 3.10. The van der Waals surface area contributed by atoms with Crippen molar-refractivity contribution in [1.29, 1.82) is 0 Å². The Bertz CT molecular complexity index is 915. The SMILES string of the molecule is COc1cc(C=NN2C(=O)[C@@H]3[C@H](C2=O)[C@H]2C=C[C@H]3C2)cc(OC)c1O[C@H](C)C(=O)O. The van der Waals surface area contributed by atoms with Crippen LogP contribution in [-0.2, 0) is 14.4 Å². The van der Waals surface area contributed by atoms with Gasteiger partial charge in [-0.2, -0.15) is 10.1 Å². The largest absolute Gasteiger partial charge is 0.493 e. The average molecular weight is 414 g/mol. The Morgan fingerprint density at radius 3 is 2.13 bits per heavy atom. The van der Waals surface area contributed by atoms with Crippen molar-refractivity contribution in [1.82, 2.24) is 5.01 Å². The summed E-state index contributed by atoms with van der Waals surface area (Å²) in [6.45, 7) is 1.39. The molecule has 2 aliphatic carbocycles. The number of nitrogens with zero attached hydrogens (tertiary/aromatic N) is 2. The van der Waals surface area contributed by atoms with Gasteiger partial charge in [0.15, 0.2) is 17.6 Å². The second kappa shape index (κ2) is 7.47. The summed E-state index contributed by atoms with van der Waals surface area (Å²) < 4.78 is 16.1. The van der Waals surface area contributed by atoms with Crippen LogP contribution in [0.3, 0.4) is 0 Å². The van der Waals surface area contributed by atoms with Crippen LogP contribution in [0.4, 0.5) is 0 Å². The van der Waals surface area contributed by atoms with Gasteiger partial charge in [0.2, 0.25) is 5.75 Å². The average Bonchev–Trinajstić information content (AvgIpc) is 3.41. The lowest BCUT2D eigenvalue weighted by atomic mass is 9.85. The third-order valence-corrected chi connectivity index (χ3v) is 5.89. The number of methoxy groups -OCH3 is 2. The van der Waals surface area contributed by atoms with Crippen LogP contribution >= 0.6 is 0 Å². The van der Waals surface area contributed by atoms with Gasteiger partial charge >= 0.3 is 5.97 Å². The maximum Gasteiger partial charge on any atom is 0.344 e. The van der Waals surface area contributed by atoms with Crippen LogP contribution in [0.1, 0.15) is 18.9 Å². The number of hydrogen-bond donors (Lipinski definition) is 1. The Labute approximate surface area is 172 Å². The highest BCUT2D eigenvalue weighted by Crippen LogP contribution is 2.52. The van der Waals surface area contributed by atoms with Gasteiger partial charge in [0, 0.05) is 5.56 Å². The lowest BCUT2D eigenvalue weighted by Gasteiger charge is -2.17. The fourth-order valence-electron chi connectivity index (χ4n) is 4.44. The monoisotopic (exact) mass is 414 g/mol. The first kappa shape index (κ1) is 19.9. The number of fused-ring (bicyclic) bond motifs is 5. The number of carboxylic acid groups (broad SMARTS) is 1. The topological polar surface area (TPSA) is 115 Å². The third-order valence-electron chi connectivity index (χ3n) is 5.89. The molecule has 0 radical (unpaired) electrons. The number of rotatable bonds is 7. The minimum Gasteiger partial charge on any atom is -0.493 e. The number of carbonyl (C=O) groups excluding carboxylic acids is 2. The lowest BCUT2D eigenvalue weighted by molar-refractivity contribution is -0.144. The highest BCUT2D eigenvalue weighted by atomic mass is 16.6. The van der Waals surface area contributed by atoms with Crippen LogP contribution in [-0.4, -0.2) is 54.4 Å². The molecule has 1 aromatic rings. The van der Waals surface area contributed by atoms with Gasteiger partial charge in [0.1, 0.15) is 0 Å². The molecule has 1 aromatic carbocycles. The van der Waals surface area contributed by atoms with E-state index in [1.54, 1.807) is 12.1 Å². The zero-order valence-corrected chi connectivity index (χ0v) is 16.8. The second-order valence-electron chi connectivity index (χ2n) is 7.59. The predicted molar refractivity (Wildman–Crippen MR) is 104 cm³/mol. The summed E-state index contributed by atoms with van der Waals surface area (Å²) in [5, 5.41) is 14.2. The summed E-state index contributed by atoms with van der Waals surface area (Å²) in [6.07, 6.45) is 5.17. The molecule has 30 heavy (non-hydrogen) atoms. The van der Waals surface area contributed by atoms with E-state index in [4.69, 9.17) is 19.3 Å². The highest BCUT2D eigenvalue weighted by molar-refractivity contribution is 6.06. The van der Waals surface area contributed by atoms with Crippen molar-refractivity contribution in [2.24, 2.45) is 28.8 Å². The summed E-state index contributed by atoms with van der Waals surface area (Å²) in [5.74, 6) is -1.47. The minimum absolute atomic E-state index is 0.115. The normalized spacial score (nSPS) is 27.6. The van der Waals surface area contributed by atoms with E-state index in [9.17, 15) is 14.4 Å². The second-order valence-corrected chi connectivity index (χ2v) is 7.59. The van der Waals surface area contributed by atoms with Crippen molar-refractivity contribution in [3.8, 4) is 17.2 Å². The number of carbonyl (C=O) groups is 3. The van der Waals surface area contributed by atoms with E-state index in [1.807, 2.05) is 12.2 Å². The summed E-state index contributed by atoms with van der Waals surface area (Å²) in [7, 11) is 2.82. The van der Waals surface area contributed by atoms with Crippen LogP contribution in [0.25, 0.3) is 0 Å². The molecule has 5 atom stereocenters. The molecule has 1 aliphatic heterocycles. The Morgan fingerprint density at radius 2 is 1.67 bits per heavy atom. The zero-order chi connectivity index (χ0) is 21.6. The van der Waals surface area contributed by atoms with Crippen molar-refractivity contribution in [2.75, 3.05) is 14.2 Å². The molecule has 1 saturated carbocycles. The Kier molecular flexibility index (Phi) is 4.97. The first-order valence-electron chi connectivity index (χ1n) is 9.61. The van der Waals surface area contributed by atoms with Crippen LogP contribution in [0.2, 0.25) is 0 Å². The van der Waals surface area contributed by atoms with Gasteiger partial charge in [-0.1, -0.05) is 12.2 Å². The van der Waals surface area contributed by atoms with E-state index in [0.29, 0.717) is 5.56 Å². The molecule has 3 aliphatic rings. The van der Waals surface area contributed by atoms with Gasteiger partial charge in [0.05, 0.1) is 32.3 Å². The maximum atomic E-state index is 12.7. The smallest absolute Gasteiger partial charge is 0.344 e. The molecule has 9 nitrogen and oxygen atoms in total. The fraction of sp³-hybridized carbons (Fsp3) is 0.429. The maximum absolute atomic E-state index is 12.7. The van der Waals surface area contributed by atoms with Crippen LogP contribution in [0.5, 0.6) is 17.2 Å². The molecule has 158 valence electrons. The molecular formula is C21H22N2O7. The number of imide groups is 1.